The van der Waals surface area contributed by atoms with Gasteiger partial charge in [-0.25, -0.2) is 9.97 Å². The summed E-state index contributed by atoms with van der Waals surface area (Å²) in [6, 6.07) is 2.40. The molecular weight excluding hydrogens is 278 g/mol. The van der Waals surface area contributed by atoms with Crippen LogP contribution in [0.1, 0.15) is 44.6 Å². The SMILES string of the molecule is CCc1cc(N2CCC[C@@H]2[C@@H]2COCC[C@]2(C)O)nc(C)n1. The lowest BCUT2D eigenvalue weighted by atomic mass is 9.79. The molecule has 122 valence electrons. The Kier molecular flexibility index (Phi) is 4.37. The molecule has 0 spiro atoms. The molecule has 0 unspecified atom stereocenters. The van der Waals surface area contributed by atoms with Crippen molar-refractivity contribution in [1.29, 1.82) is 0 Å². The molecule has 5 nitrogen and oxygen atoms in total. The molecule has 22 heavy (non-hydrogen) atoms. The summed E-state index contributed by atoms with van der Waals surface area (Å²) in [4.78, 5) is 11.5. The van der Waals surface area contributed by atoms with Crippen LogP contribution < -0.4 is 4.90 Å². The largest absolute Gasteiger partial charge is 0.390 e. The van der Waals surface area contributed by atoms with E-state index in [1.54, 1.807) is 0 Å². The molecule has 1 N–H and O–H groups in total. The summed E-state index contributed by atoms with van der Waals surface area (Å²) in [5.41, 5.74) is 0.432. The van der Waals surface area contributed by atoms with Gasteiger partial charge < -0.3 is 14.7 Å². The van der Waals surface area contributed by atoms with Crippen molar-refractivity contribution >= 4 is 5.82 Å². The van der Waals surface area contributed by atoms with Crippen molar-refractivity contribution in [2.24, 2.45) is 5.92 Å². The normalized spacial score (nSPS) is 32.5. The van der Waals surface area contributed by atoms with E-state index in [0.717, 1.165) is 43.1 Å². The lowest BCUT2D eigenvalue weighted by Crippen LogP contribution is -2.52. The van der Waals surface area contributed by atoms with Crippen LogP contribution in [0.4, 0.5) is 5.82 Å². The first-order valence-electron chi connectivity index (χ1n) is 8.42. The van der Waals surface area contributed by atoms with Crippen LogP contribution in [-0.2, 0) is 11.2 Å². The minimum Gasteiger partial charge on any atom is -0.390 e. The van der Waals surface area contributed by atoms with Crippen molar-refractivity contribution in [1.82, 2.24) is 9.97 Å². The van der Waals surface area contributed by atoms with Crippen LogP contribution in [0, 0.1) is 12.8 Å². The summed E-state index contributed by atoms with van der Waals surface area (Å²) in [7, 11) is 0. The molecule has 1 aromatic heterocycles. The van der Waals surface area contributed by atoms with E-state index in [1.165, 1.54) is 0 Å². The highest BCUT2D eigenvalue weighted by atomic mass is 16.5. The van der Waals surface area contributed by atoms with Gasteiger partial charge in [0.05, 0.1) is 12.2 Å². The highest BCUT2D eigenvalue weighted by molar-refractivity contribution is 5.43. The van der Waals surface area contributed by atoms with Gasteiger partial charge in [-0.15, -0.1) is 0 Å². The number of anilines is 1. The molecule has 3 rings (SSSR count). The Morgan fingerprint density at radius 2 is 2.27 bits per heavy atom. The second-order valence-electron chi connectivity index (χ2n) is 6.81. The van der Waals surface area contributed by atoms with E-state index >= 15 is 0 Å². The predicted molar refractivity (Wildman–Crippen MR) is 86.1 cm³/mol. The Bertz CT molecular complexity index is 533. The number of aryl methyl sites for hydroxylation is 2. The Balaban J connectivity index is 1.88. The van der Waals surface area contributed by atoms with Crippen LogP contribution in [0.5, 0.6) is 0 Å². The van der Waals surface area contributed by atoms with Crippen LogP contribution in [0.2, 0.25) is 0 Å². The molecule has 5 heteroatoms. The summed E-state index contributed by atoms with van der Waals surface area (Å²) < 4.78 is 5.66. The molecule has 0 radical (unpaired) electrons. The quantitative estimate of drug-likeness (QED) is 0.927. The van der Waals surface area contributed by atoms with Crippen LogP contribution in [0.3, 0.4) is 0 Å². The van der Waals surface area contributed by atoms with E-state index in [-0.39, 0.29) is 5.92 Å². The van der Waals surface area contributed by atoms with Gasteiger partial charge in [-0.2, -0.15) is 0 Å². The van der Waals surface area contributed by atoms with Gasteiger partial charge in [0.25, 0.3) is 0 Å². The average molecular weight is 305 g/mol. The molecule has 2 aliphatic heterocycles. The van der Waals surface area contributed by atoms with Crippen LogP contribution in [0.15, 0.2) is 6.07 Å². The number of rotatable bonds is 3. The first-order chi connectivity index (χ1) is 10.5. The number of aliphatic hydroxyl groups is 1. The van der Waals surface area contributed by atoms with Crippen molar-refractivity contribution in [3.8, 4) is 0 Å². The Labute approximate surface area is 132 Å². The Hall–Kier alpha value is -1.20. The smallest absolute Gasteiger partial charge is 0.132 e. The molecule has 1 aromatic rings. The molecule has 2 fully saturated rings. The average Bonchev–Trinajstić information content (AvgIpc) is 2.95. The van der Waals surface area contributed by atoms with E-state index in [9.17, 15) is 5.11 Å². The van der Waals surface area contributed by atoms with Crippen molar-refractivity contribution < 1.29 is 9.84 Å². The zero-order chi connectivity index (χ0) is 15.7. The molecule has 0 aliphatic carbocycles. The number of nitrogens with zero attached hydrogens (tertiary/aromatic N) is 3. The first-order valence-corrected chi connectivity index (χ1v) is 8.42. The van der Waals surface area contributed by atoms with Crippen LogP contribution >= 0.6 is 0 Å². The van der Waals surface area contributed by atoms with Gasteiger partial charge in [0, 0.05) is 36.9 Å². The van der Waals surface area contributed by atoms with E-state index in [0.29, 0.717) is 25.7 Å². The maximum Gasteiger partial charge on any atom is 0.132 e. The molecule has 0 bridgehead atoms. The second kappa shape index (κ2) is 6.13. The van der Waals surface area contributed by atoms with Gasteiger partial charge >= 0.3 is 0 Å². The summed E-state index contributed by atoms with van der Waals surface area (Å²) >= 11 is 0. The van der Waals surface area contributed by atoms with Gasteiger partial charge in [0.2, 0.25) is 0 Å². The Morgan fingerprint density at radius 3 is 3.00 bits per heavy atom. The summed E-state index contributed by atoms with van der Waals surface area (Å²) in [6.07, 6.45) is 3.86. The van der Waals surface area contributed by atoms with E-state index < -0.39 is 5.60 Å². The highest BCUT2D eigenvalue weighted by Crippen LogP contribution is 2.37. The van der Waals surface area contributed by atoms with Gasteiger partial charge in [-0.05, 0) is 39.5 Å². The van der Waals surface area contributed by atoms with Gasteiger partial charge in [-0.3, -0.25) is 0 Å². The molecule has 3 atom stereocenters. The van der Waals surface area contributed by atoms with Crippen molar-refractivity contribution in [2.75, 3.05) is 24.7 Å². The zero-order valence-electron chi connectivity index (χ0n) is 13.9. The Morgan fingerprint density at radius 1 is 1.45 bits per heavy atom. The predicted octanol–water partition coefficient (Wildman–Crippen LogP) is 2.10. The fourth-order valence-corrected chi connectivity index (χ4v) is 3.82. The molecule has 2 aliphatic rings. The molecular formula is C17H27N3O2. The lowest BCUT2D eigenvalue weighted by molar-refractivity contribution is -0.108. The number of ether oxygens (including phenoxy) is 1. The monoisotopic (exact) mass is 305 g/mol. The third-order valence-corrected chi connectivity index (χ3v) is 5.15. The van der Waals surface area contributed by atoms with Gasteiger partial charge in [0.1, 0.15) is 11.6 Å². The van der Waals surface area contributed by atoms with Crippen LogP contribution in [0.25, 0.3) is 0 Å². The van der Waals surface area contributed by atoms with E-state index in [2.05, 4.69) is 27.9 Å². The van der Waals surface area contributed by atoms with E-state index in [1.807, 2.05) is 13.8 Å². The standard InChI is InChI=1S/C17H27N3O2/c1-4-13-10-16(19-12(2)18-13)20-8-5-6-15(20)14-11-22-9-7-17(14,3)21/h10,14-15,21H,4-9,11H2,1-3H3/t14-,15+,17-/m0/s1. The number of aromatic nitrogens is 2. The molecule has 0 saturated carbocycles. The first kappa shape index (κ1) is 15.7. The summed E-state index contributed by atoms with van der Waals surface area (Å²) in [5.74, 6) is 1.98. The summed E-state index contributed by atoms with van der Waals surface area (Å²) in [6.45, 7) is 8.32. The zero-order valence-corrected chi connectivity index (χ0v) is 13.9. The minimum atomic E-state index is -0.652. The fraction of sp³-hybridized carbons (Fsp3) is 0.765. The maximum atomic E-state index is 10.8. The van der Waals surface area contributed by atoms with Gasteiger partial charge in [0.15, 0.2) is 0 Å². The van der Waals surface area contributed by atoms with E-state index in [4.69, 9.17) is 4.74 Å². The lowest BCUT2D eigenvalue weighted by Gasteiger charge is -2.43. The minimum absolute atomic E-state index is 0.143. The number of hydrogen-bond donors (Lipinski definition) is 1. The molecule has 2 saturated heterocycles. The third kappa shape index (κ3) is 2.97. The summed E-state index contributed by atoms with van der Waals surface area (Å²) in [5, 5.41) is 10.8. The second-order valence-corrected chi connectivity index (χ2v) is 6.81. The van der Waals surface area contributed by atoms with Crippen molar-refractivity contribution in [3.05, 3.63) is 17.6 Å². The maximum absolute atomic E-state index is 10.8. The topological polar surface area (TPSA) is 58.5 Å². The van der Waals surface area contributed by atoms with Crippen molar-refractivity contribution in [2.45, 2.75) is 58.1 Å². The molecule has 0 aromatic carbocycles. The molecule has 3 heterocycles. The number of hydrogen-bond acceptors (Lipinski definition) is 5. The molecule has 0 amide bonds. The van der Waals surface area contributed by atoms with Crippen molar-refractivity contribution in [3.63, 3.8) is 0 Å². The highest BCUT2D eigenvalue weighted by Gasteiger charge is 2.44. The van der Waals surface area contributed by atoms with Crippen LogP contribution in [-0.4, -0.2) is 46.5 Å². The van der Waals surface area contributed by atoms with Gasteiger partial charge in [-0.1, -0.05) is 6.92 Å². The third-order valence-electron chi connectivity index (χ3n) is 5.15. The fourth-order valence-electron chi connectivity index (χ4n) is 3.82.